The Morgan fingerprint density at radius 2 is 1.54 bits per heavy atom. The molecule has 2 aromatic rings. The number of hydrogen-bond donors (Lipinski definition) is 5. The standard InChI is InChI=1S/C44H65N7O8/c1-27(2)33(25-28(3)39(55)47-31(42(58)59)18-14-15-23-46-34(52)20-16-24-51-35(53)21-22-36(51)54)50(11)41(57)38(43(4,5)6)48-40(56)37(45-9)44(7,8)30-26-49(10)32-19-13-12-17-29(30)32/h12-13,17,19,21-22,25-27,31,33,37-38,45H,14-16,18,20,23-24H2,1-11H3,(H,46,52)(H,47,55)(H,48,56)(H,58,59)/b28-25+/t31-,33+,37+,38+/m0/s1. The van der Waals surface area contributed by atoms with Gasteiger partial charge in [0.25, 0.3) is 11.8 Å². The van der Waals surface area contributed by atoms with Gasteiger partial charge in [-0.1, -0.05) is 72.7 Å². The number of carbonyl (C=O) groups is 7. The molecule has 0 aliphatic carbocycles. The van der Waals surface area contributed by atoms with Gasteiger partial charge in [0.2, 0.25) is 23.6 Å². The molecule has 4 atom stereocenters. The maximum Gasteiger partial charge on any atom is 0.326 e. The number of imide groups is 1. The molecule has 1 aliphatic rings. The van der Waals surface area contributed by atoms with E-state index in [1.807, 2.05) is 90.5 Å². The molecule has 15 nitrogen and oxygen atoms in total. The molecule has 0 unspecified atom stereocenters. The SMILES string of the molecule is CN[C@H](C(=O)N[C@H](C(=O)N(C)[C@H](/C=C(\C)C(=O)N[C@@H](CCCCNC(=O)CCCN1C(=O)C=CC1=O)C(=O)O)C(C)C)C(C)(C)C)C(C)(C)c1cn(C)c2ccccc12. The van der Waals surface area contributed by atoms with E-state index in [4.69, 9.17) is 0 Å². The fourth-order valence-corrected chi connectivity index (χ4v) is 7.51. The van der Waals surface area contributed by atoms with Crippen molar-refractivity contribution in [1.82, 2.24) is 35.6 Å². The van der Waals surface area contributed by atoms with E-state index >= 15 is 0 Å². The Hall–Kier alpha value is -5.31. The van der Waals surface area contributed by atoms with Gasteiger partial charge in [-0.2, -0.15) is 0 Å². The number of carboxylic acid groups (broad SMARTS) is 1. The summed E-state index contributed by atoms with van der Waals surface area (Å²) in [6.07, 6.45) is 7.53. The maximum absolute atomic E-state index is 14.4. The molecule has 0 bridgehead atoms. The Kier molecular flexibility index (Phi) is 16.8. The first-order valence-corrected chi connectivity index (χ1v) is 20.3. The van der Waals surface area contributed by atoms with Crippen LogP contribution in [0.25, 0.3) is 10.9 Å². The zero-order chi connectivity index (χ0) is 44.4. The molecule has 1 aromatic heterocycles. The Morgan fingerprint density at radius 1 is 0.915 bits per heavy atom. The molecule has 0 radical (unpaired) electrons. The van der Waals surface area contributed by atoms with Gasteiger partial charge in [0.05, 0.1) is 12.1 Å². The molecule has 1 aliphatic heterocycles. The number of likely N-dealkylation sites (N-methyl/N-ethyl adjacent to an activating group) is 2. The number of aliphatic carboxylic acids is 1. The maximum atomic E-state index is 14.4. The number of rotatable bonds is 21. The fourth-order valence-electron chi connectivity index (χ4n) is 7.51. The molecule has 3 rings (SSSR count). The van der Waals surface area contributed by atoms with Crippen LogP contribution in [0.1, 0.15) is 93.1 Å². The number of nitrogens with zero attached hydrogens (tertiary/aromatic N) is 3. The number of hydrogen-bond acceptors (Lipinski definition) is 8. The molecule has 2 heterocycles. The Balaban J connectivity index is 1.63. The van der Waals surface area contributed by atoms with Crippen molar-refractivity contribution in [2.45, 2.75) is 117 Å². The Morgan fingerprint density at radius 3 is 2.12 bits per heavy atom. The highest BCUT2D eigenvalue weighted by Gasteiger charge is 2.42. The van der Waals surface area contributed by atoms with E-state index in [9.17, 15) is 38.7 Å². The zero-order valence-corrected chi connectivity index (χ0v) is 36.6. The number of aromatic nitrogens is 1. The number of carbonyl (C=O) groups excluding carboxylic acids is 6. The lowest BCUT2D eigenvalue weighted by atomic mass is 9.76. The number of fused-ring (bicyclic) bond motifs is 1. The first kappa shape index (κ1) is 48.1. The van der Waals surface area contributed by atoms with E-state index in [0.29, 0.717) is 25.8 Å². The molecule has 0 saturated heterocycles. The lowest BCUT2D eigenvalue weighted by molar-refractivity contribution is -0.141. The van der Waals surface area contributed by atoms with Crippen LogP contribution in [0.15, 0.2) is 54.3 Å². The summed E-state index contributed by atoms with van der Waals surface area (Å²) in [6.45, 7) is 15.5. The van der Waals surface area contributed by atoms with Crippen molar-refractivity contribution in [3.05, 3.63) is 59.8 Å². The topological polar surface area (TPSA) is 199 Å². The smallest absolute Gasteiger partial charge is 0.326 e. The molecule has 1 aromatic carbocycles. The number of unbranched alkanes of at least 4 members (excludes halogenated alkanes) is 1. The second-order valence-electron chi connectivity index (χ2n) is 17.4. The van der Waals surface area contributed by atoms with Crippen molar-refractivity contribution in [2.75, 3.05) is 27.2 Å². The average Bonchev–Trinajstić information content (AvgIpc) is 3.68. The van der Waals surface area contributed by atoms with E-state index < -0.39 is 58.7 Å². The van der Waals surface area contributed by atoms with E-state index in [0.717, 1.165) is 21.4 Å². The van der Waals surface area contributed by atoms with Crippen molar-refractivity contribution in [1.29, 1.82) is 0 Å². The molecule has 59 heavy (non-hydrogen) atoms. The van der Waals surface area contributed by atoms with Crippen molar-refractivity contribution in [3.8, 4) is 0 Å². The predicted molar refractivity (Wildman–Crippen MR) is 227 cm³/mol. The minimum absolute atomic E-state index is 0.125. The van der Waals surface area contributed by atoms with Crippen molar-refractivity contribution in [3.63, 3.8) is 0 Å². The van der Waals surface area contributed by atoms with Gasteiger partial charge in [0, 0.05) is 73.8 Å². The number of amides is 6. The highest BCUT2D eigenvalue weighted by atomic mass is 16.4. The second kappa shape index (κ2) is 20.6. The summed E-state index contributed by atoms with van der Waals surface area (Å²) in [5, 5.41) is 22.5. The molecular formula is C44H65N7O8. The summed E-state index contributed by atoms with van der Waals surface area (Å²) in [4.78, 5) is 92.1. The van der Waals surface area contributed by atoms with Gasteiger partial charge in [-0.25, -0.2) is 4.79 Å². The monoisotopic (exact) mass is 819 g/mol. The van der Waals surface area contributed by atoms with Crippen LogP contribution in [0.2, 0.25) is 0 Å². The second-order valence-corrected chi connectivity index (χ2v) is 17.4. The normalized spacial score (nSPS) is 15.6. The highest BCUT2D eigenvalue weighted by Crippen LogP contribution is 2.35. The quantitative estimate of drug-likeness (QED) is 0.0710. The van der Waals surface area contributed by atoms with E-state index in [1.165, 1.54) is 17.1 Å². The first-order valence-electron chi connectivity index (χ1n) is 20.3. The average molecular weight is 820 g/mol. The number of benzene rings is 1. The van der Waals surface area contributed by atoms with Gasteiger partial charge in [-0.15, -0.1) is 0 Å². The third kappa shape index (κ3) is 12.4. The fraction of sp³-hybridized carbons (Fsp3) is 0.568. The number of aryl methyl sites for hydroxylation is 1. The van der Waals surface area contributed by atoms with Crippen molar-refractivity contribution >= 4 is 52.3 Å². The van der Waals surface area contributed by atoms with Crippen LogP contribution in [0.3, 0.4) is 0 Å². The summed E-state index contributed by atoms with van der Waals surface area (Å²) >= 11 is 0. The van der Waals surface area contributed by atoms with E-state index in [1.54, 1.807) is 27.1 Å². The Bertz CT molecular complexity index is 1920. The summed E-state index contributed by atoms with van der Waals surface area (Å²) < 4.78 is 2.04. The van der Waals surface area contributed by atoms with Crippen LogP contribution in [0, 0.1) is 11.3 Å². The third-order valence-electron chi connectivity index (χ3n) is 11.1. The van der Waals surface area contributed by atoms with Gasteiger partial charge >= 0.3 is 5.97 Å². The molecule has 15 heteroatoms. The van der Waals surface area contributed by atoms with Gasteiger partial charge in [0.1, 0.15) is 12.1 Å². The van der Waals surface area contributed by atoms with Crippen molar-refractivity contribution < 1.29 is 38.7 Å². The summed E-state index contributed by atoms with van der Waals surface area (Å²) in [5.74, 6) is -3.64. The molecule has 324 valence electrons. The minimum Gasteiger partial charge on any atom is -0.480 e. The largest absolute Gasteiger partial charge is 0.480 e. The van der Waals surface area contributed by atoms with Crippen molar-refractivity contribution in [2.24, 2.45) is 18.4 Å². The summed E-state index contributed by atoms with van der Waals surface area (Å²) in [6, 6.07) is 4.66. The van der Waals surface area contributed by atoms with Gasteiger partial charge in [-0.05, 0) is 62.6 Å². The zero-order valence-electron chi connectivity index (χ0n) is 36.6. The molecule has 6 amide bonds. The summed E-state index contributed by atoms with van der Waals surface area (Å²) in [7, 11) is 5.34. The van der Waals surface area contributed by atoms with Crippen LogP contribution >= 0.6 is 0 Å². The van der Waals surface area contributed by atoms with E-state index in [-0.39, 0.29) is 48.6 Å². The predicted octanol–water partition coefficient (Wildman–Crippen LogP) is 3.57. The van der Waals surface area contributed by atoms with Gasteiger partial charge in [-0.3, -0.25) is 33.7 Å². The number of carboxylic acids is 1. The lowest BCUT2D eigenvalue weighted by Gasteiger charge is -2.39. The van der Waals surface area contributed by atoms with Crippen LogP contribution in [0.5, 0.6) is 0 Å². The Labute approximate surface area is 348 Å². The van der Waals surface area contributed by atoms with Crippen LogP contribution in [-0.2, 0) is 46.0 Å². The minimum atomic E-state index is -1.20. The van der Waals surface area contributed by atoms with Crippen LogP contribution in [0.4, 0.5) is 0 Å². The van der Waals surface area contributed by atoms with Gasteiger partial charge in [0.15, 0.2) is 0 Å². The molecule has 0 saturated carbocycles. The number of para-hydroxylation sites is 1. The third-order valence-corrected chi connectivity index (χ3v) is 11.1. The number of nitrogens with one attached hydrogen (secondary N) is 4. The lowest BCUT2D eigenvalue weighted by Crippen LogP contribution is -2.61. The molecule has 0 fully saturated rings. The van der Waals surface area contributed by atoms with Gasteiger partial charge < -0.3 is 35.8 Å². The summed E-state index contributed by atoms with van der Waals surface area (Å²) in [5.41, 5.74) is 0.914. The molecule has 5 N–H and O–H groups in total. The van der Waals surface area contributed by atoms with Crippen LogP contribution < -0.4 is 21.3 Å². The van der Waals surface area contributed by atoms with E-state index in [2.05, 4.69) is 21.3 Å². The molecular weight excluding hydrogens is 755 g/mol. The molecule has 0 spiro atoms. The highest BCUT2D eigenvalue weighted by molar-refractivity contribution is 6.12. The first-order chi connectivity index (χ1) is 27.5. The van der Waals surface area contributed by atoms with Crippen LogP contribution in [-0.4, -0.2) is 112 Å².